The molecule has 3 aromatic rings. The van der Waals surface area contributed by atoms with E-state index < -0.39 is 0 Å². The van der Waals surface area contributed by atoms with E-state index >= 15 is 0 Å². The molecule has 0 bridgehead atoms. The van der Waals surface area contributed by atoms with Crippen molar-refractivity contribution < 1.29 is 0 Å². The fraction of sp³-hybridized carbons (Fsp3) is 0.250. The minimum absolute atomic E-state index is 0.366. The number of rotatable bonds is 1. The van der Waals surface area contributed by atoms with Gasteiger partial charge in [0.2, 0.25) is 0 Å². The van der Waals surface area contributed by atoms with E-state index in [2.05, 4.69) is 42.5 Å². The predicted octanol–water partition coefficient (Wildman–Crippen LogP) is 4.68. The molecule has 110 valence electrons. The summed E-state index contributed by atoms with van der Waals surface area (Å²) in [5.41, 5.74) is 12.3. The summed E-state index contributed by atoms with van der Waals surface area (Å²) in [4.78, 5) is 5.01. The molecule has 0 radical (unpaired) electrons. The SMILES string of the molecule is Nc1c2c(nc3ccccc13)[C@@H](c1ccccc1)CCCC2. The van der Waals surface area contributed by atoms with Gasteiger partial charge < -0.3 is 5.73 Å². The van der Waals surface area contributed by atoms with Crippen LogP contribution in [0.5, 0.6) is 0 Å². The number of hydrogen-bond acceptors (Lipinski definition) is 2. The normalized spacial score (nSPS) is 17.9. The number of nitrogen functional groups attached to an aromatic ring is 1. The lowest BCUT2D eigenvalue weighted by molar-refractivity contribution is 0.651. The van der Waals surface area contributed by atoms with Crippen LogP contribution in [0.2, 0.25) is 0 Å². The van der Waals surface area contributed by atoms with Crippen LogP contribution in [0.25, 0.3) is 10.9 Å². The number of aromatic nitrogens is 1. The monoisotopic (exact) mass is 288 g/mol. The zero-order valence-corrected chi connectivity index (χ0v) is 12.6. The Balaban J connectivity index is 1.96. The molecule has 0 unspecified atom stereocenters. The molecule has 0 amide bonds. The van der Waals surface area contributed by atoms with Gasteiger partial charge in [0, 0.05) is 17.0 Å². The van der Waals surface area contributed by atoms with Gasteiger partial charge in [-0.15, -0.1) is 0 Å². The molecule has 0 fully saturated rings. The Labute approximate surface area is 131 Å². The van der Waals surface area contributed by atoms with E-state index in [1.54, 1.807) is 0 Å². The number of para-hydroxylation sites is 1. The van der Waals surface area contributed by atoms with Gasteiger partial charge in [0.1, 0.15) is 0 Å². The van der Waals surface area contributed by atoms with Crippen LogP contribution < -0.4 is 5.73 Å². The molecule has 0 aliphatic heterocycles. The Bertz CT molecular complexity index is 809. The van der Waals surface area contributed by atoms with Gasteiger partial charge in [0.05, 0.1) is 11.2 Å². The summed E-state index contributed by atoms with van der Waals surface area (Å²) in [6.45, 7) is 0. The Hall–Kier alpha value is -2.35. The molecule has 2 aromatic carbocycles. The van der Waals surface area contributed by atoms with E-state index in [1.165, 1.54) is 29.7 Å². The van der Waals surface area contributed by atoms with Crippen LogP contribution >= 0.6 is 0 Å². The first-order valence-corrected chi connectivity index (χ1v) is 8.06. The average molecular weight is 288 g/mol. The first-order chi connectivity index (χ1) is 10.8. The summed E-state index contributed by atoms with van der Waals surface area (Å²) in [7, 11) is 0. The van der Waals surface area contributed by atoms with Crippen molar-refractivity contribution in [3.8, 4) is 0 Å². The molecule has 0 spiro atoms. The van der Waals surface area contributed by atoms with E-state index in [0.717, 1.165) is 29.4 Å². The summed E-state index contributed by atoms with van der Waals surface area (Å²) in [6.07, 6.45) is 4.62. The van der Waals surface area contributed by atoms with Crippen molar-refractivity contribution in [3.63, 3.8) is 0 Å². The number of anilines is 1. The molecule has 1 aliphatic carbocycles. The average Bonchev–Trinajstić information content (AvgIpc) is 2.79. The van der Waals surface area contributed by atoms with Crippen molar-refractivity contribution in [2.75, 3.05) is 5.73 Å². The standard InChI is InChI=1S/C20H20N2/c21-19-16-11-6-7-13-18(16)22-20-15(10-4-5-12-17(19)20)14-8-2-1-3-9-14/h1-3,6-9,11,13,15H,4-5,10,12H2,(H2,21,22)/t15-/m1/s1. The molecule has 4 rings (SSSR count). The van der Waals surface area contributed by atoms with Crippen LogP contribution in [-0.2, 0) is 6.42 Å². The largest absolute Gasteiger partial charge is 0.398 e. The molecule has 22 heavy (non-hydrogen) atoms. The number of benzene rings is 2. The number of nitrogens with zero attached hydrogens (tertiary/aromatic N) is 1. The number of hydrogen-bond donors (Lipinski definition) is 1. The Morgan fingerprint density at radius 3 is 2.55 bits per heavy atom. The molecule has 2 heteroatoms. The van der Waals surface area contributed by atoms with E-state index in [4.69, 9.17) is 10.7 Å². The van der Waals surface area contributed by atoms with Crippen molar-refractivity contribution in [2.24, 2.45) is 0 Å². The molecule has 2 N–H and O–H groups in total. The number of fused-ring (bicyclic) bond motifs is 2. The van der Waals surface area contributed by atoms with Crippen LogP contribution in [0.15, 0.2) is 54.6 Å². The molecule has 1 heterocycles. The predicted molar refractivity (Wildman–Crippen MR) is 92.0 cm³/mol. The first kappa shape index (κ1) is 13.3. The second-order valence-corrected chi connectivity index (χ2v) is 6.12. The summed E-state index contributed by atoms with van der Waals surface area (Å²) in [5, 5.41) is 1.09. The van der Waals surface area contributed by atoms with Crippen LogP contribution in [0.1, 0.15) is 42.0 Å². The third-order valence-corrected chi connectivity index (χ3v) is 4.77. The van der Waals surface area contributed by atoms with Gasteiger partial charge in [-0.2, -0.15) is 0 Å². The molecule has 0 saturated heterocycles. The van der Waals surface area contributed by atoms with Gasteiger partial charge in [0.25, 0.3) is 0 Å². The highest BCUT2D eigenvalue weighted by molar-refractivity contribution is 5.92. The van der Waals surface area contributed by atoms with E-state index in [-0.39, 0.29) is 0 Å². The fourth-order valence-corrected chi connectivity index (χ4v) is 3.64. The summed E-state index contributed by atoms with van der Waals surface area (Å²) >= 11 is 0. The highest BCUT2D eigenvalue weighted by atomic mass is 14.7. The van der Waals surface area contributed by atoms with Crippen molar-refractivity contribution >= 4 is 16.6 Å². The summed E-state index contributed by atoms with van der Waals surface area (Å²) in [5.74, 6) is 0.366. The maximum Gasteiger partial charge on any atom is 0.0726 e. The van der Waals surface area contributed by atoms with Gasteiger partial charge in [-0.05, 0) is 36.5 Å². The topological polar surface area (TPSA) is 38.9 Å². The molecule has 1 atom stereocenters. The fourth-order valence-electron chi connectivity index (χ4n) is 3.64. The molecule has 1 aliphatic rings. The summed E-state index contributed by atoms with van der Waals surface area (Å²) < 4.78 is 0. The van der Waals surface area contributed by atoms with E-state index in [9.17, 15) is 0 Å². The van der Waals surface area contributed by atoms with Crippen molar-refractivity contribution in [1.29, 1.82) is 0 Å². The van der Waals surface area contributed by atoms with Gasteiger partial charge in [-0.1, -0.05) is 55.0 Å². The quantitative estimate of drug-likeness (QED) is 0.661. The van der Waals surface area contributed by atoms with Crippen molar-refractivity contribution in [3.05, 3.63) is 71.4 Å². The minimum atomic E-state index is 0.366. The van der Waals surface area contributed by atoms with Crippen molar-refractivity contribution in [2.45, 2.75) is 31.6 Å². The third-order valence-electron chi connectivity index (χ3n) is 4.77. The zero-order valence-electron chi connectivity index (χ0n) is 12.6. The molecule has 1 aromatic heterocycles. The lowest BCUT2D eigenvalue weighted by Gasteiger charge is -2.19. The van der Waals surface area contributed by atoms with E-state index in [1.807, 2.05) is 12.1 Å². The van der Waals surface area contributed by atoms with Gasteiger partial charge >= 0.3 is 0 Å². The molecular weight excluding hydrogens is 268 g/mol. The lowest BCUT2D eigenvalue weighted by atomic mass is 9.89. The van der Waals surface area contributed by atoms with E-state index in [0.29, 0.717) is 5.92 Å². The molecular formula is C20H20N2. The van der Waals surface area contributed by atoms with Crippen LogP contribution in [-0.4, -0.2) is 4.98 Å². The minimum Gasteiger partial charge on any atom is -0.398 e. The second-order valence-electron chi connectivity index (χ2n) is 6.12. The van der Waals surface area contributed by atoms with Crippen LogP contribution in [0.3, 0.4) is 0 Å². The smallest absolute Gasteiger partial charge is 0.0726 e. The highest BCUT2D eigenvalue weighted by Crippen LogP contribution is 2.38. The maximum atomic E-state index is 6.51. The van der Waals surface area contributed by atoms with Gasteiger partial charge in [0.15, 0.2) is 0 Å². The maximum absolute atomic E-state index is 6.51. The van der Waals surface area contributed by atoms with Gasteiger partial charge in [-0.3, -0.25) is 4.98 Å². The zero-order chi connectivity index (χ0) is 14.9. The second kappa shape index (κ2) is 5.45. The Morgan fingerprint density at radius 2 is 1.68 bits per heavy atom. The van der Waals surface area contributed by atoms with Crippen molar-refractivity contribution in [1.82, 2.24) is 4.98 Å². The summed E-state index contributed by atoms with van der Waals surface area (Å²) in [6, 6.07) is 19.0. The Morgan fingerprint density at radius 1 is 0.909 bits per heavy atom. The van der Waals surface area contributed by atoms with Crippen LogP contribution in [0, 0.1) is 0 Å². The van der Waals surface area contributed by atoms with Crippen LogP contribution in [0.4, 0.5) is 5.69 Å². The Kier molecular flexibility index (Phi) is 3.30. The first-order valence-electron chi connectivity index (χ1n) is 8.06. The van der Waals surface area contributed by atoms with Gasteiger partial charge in [-0.25, -0.2) is 0 Å². The molecule has 2 nitrogen and oxygen atoms in total. The number of nitrogens with two attached hydrogens (primary N) is 1. The highest BCUT2D eigenvalue weighted by Gasteiger charge is 2.24. The third kappa shape index (κ3) is 2.16. The molecule has 0 saturated carbocycles. The lowest BCUT2D eigenvalue weighted by Crippen LogP contribution is -2.08. The number of pyridine rings is 1.